The molecule has 0 aliphatic carbocycles. The van der Waals surface area contributed by atoms with Gasteiger partial charge in [0, 0.05) is 19.0 Å². The summed E-state index contributed by atoms with van der Waals surface area (Å²) in [7, 11) is -0.551. The van der Waals surface area contributed by atoms with Gasteiger partial charge in [-0.05, 0) is 34.7 Å². The Morgan fingerprint density at radius 2 is 1.89 bits per heavy atom. The van der Waals surface area contributed by atoms with E-state index in [0.717, 1.165) is 4.90 Å². The number of benzene rings is 1. The minimum atomic E-state index is -3.56. The molecule has 1 heterocycles. The fraction of sp³-hybridized carbons (Fsp3) is 0.182. The second-order valence-electron chi connectivity index (χ2n) is 3.83. The molecule has 0 aliphatic rings. The lowest BCUT2D eigenvalue weighted by Crippen LogP contribution is -2.30. The van der Waals surface area contributed by atoms with E-state index in [-0.39, 0.29) is 0 Å². The fourth-order valence-corrected chi connectivity index (χ4v) is 4.64. The average Bonchev–Trinajstić information content (AvgIpc) is 2.72. The Labute approximate surface area is 130 Å². The van der Waals surface area contributed by atoms with E-state index in [4.69, 9.17) is 0 Å². The topological polar surface area (TPSA) is 55.2 Å². The summed E-state index contributed by atoms with van der Waals surface area (Å²) in [5, 5.41) is 0.435. The van der Waals surface area contributed by atoms with Gasteiger partial charge in [-0.3, -0.25) is 0 Å². The van der Waals surface area contributed by atoms with E-state index in [1.165, 1.54) is 34.1 Å². The van der Waals surface area contributed by atoms with Gasteiger partial charge in [0.05, 0.1) is 6.20 Å². The summed E-state index contributed by atoms with van der Waals surface area (Å²) in [5.74, 6) is 0. The minimum absolute atomic E-state index is 0.435. The molecule has 1 aromatic carbocycles. The Hall–Kier alpha value is -0.580. The molecular weight excluding hydrogens is 397 g/mol. The third-order valence-corrected chi connectivity index (χ3v) is 6.23. The number of nitrogens with zero attached hydrogens (tertiary/aromatic N) is 3. The van der Waals surface area contributed by atoms with Gasteiger partial charge in [-0.25, -0.2) is 4.98 Å². The van der Waals surface area contributed by atoms with Gasteiger partial charge in [0.2, 0.25) is 0 Å². The van der Waals surface area contributed by atoms with Crippen LogP contribution in [-0.2, 0) is 10.2 Å². The van der Waals surface area contributed by atoms with Crippen LogP contribution < -0.4 is 0 Å². The van der Waals surface area contributed by atoms with E-state index in [9.17, 15) is 8.42 Å². The Morgan fingerprint density at radius 1 is 1.26 bits per heavy atom. The zero-order chi connectivity index (χ0) is 14.0. The van der Waals surface area contributed by atoms with E-state index in [1.54, 1.807) is 6.20 Å². The first kappa shape index (κ1) is 14.8. The lowest BCUT2D eigenvalue weighted by molar-refractivity contribution is 0.504. The standard InChI is InChI=1S/C11H12IN3O2S2/c1-14(2)19(16,17)15-10(12)8-13-11(15)18-9-6-4-3-5-7-9/h3-8H,1-2H3. The fourth-order valence-electron chi connectivity index (χ4n) is 1.34. The monoisotopic (exact) mass is 409 g/mol. The summed E-state index contributed by atoms with van der Waals surface area (Å²) in [5.41, 5.74) is 0. The maximum atomic E-state index is 12.3. The van der Waals surface area contributed by atoms with Gasteiger partial charge < -0.3 is 0 Å². The molecule has 0 amide bonds. The molecular formula is C11H12IN3O2S2. The van der Waals surface area contributed by atoms with Crippen molar-refractivity contribution in [2.45, 2.75) is 10.1 Å². The molecule has 0 aliphatic heterocycles. The van der Waals surface area contributed by atoms with E-state index >= 15 is 0 Å². The molecule has 0 spiro atoms. The number of aromatic nitrogens is 2. The molecule has 1 aromatic heterocycles. The maximum Gasteiger partial charge on any atom is 0.310 e. The first-order valence-corrected chi connectivity index (χ1v) is 8.61. The molecule has 0 saturated heterocycles. The van der Waals surface area contributed by atoms with Crippen LogP contribution >= 0.6 is 34.4 Å². The Morgan fingerprint density at radius 3 is 2.47 bits per heavy atom. The minimum Gasteiger partial charge on any atom is -0.229 e. The molecule has 19 heavy (non-hydrogen) atoms. The molecule has 0 unspecified atom stereocenters. The van der Waals surface area contributed by atoms with Crippen molar-refractivity contribution >= 4 is 44.6 Å². The van der Waals surface area contributed by atoms with Crippen LogP contribution in [0.3, 0.4) is 0 Å². The molecule has 8 heteroatoms. The van der Waals surface area contributed by atoms with Crippen molar-refractivity contribution in [3.05, 3.63) is 40.2 Å². The lowest BCUT2D eigenvalue weighted by Gasteiger charge is -2.14. The van der Waals surface area contributed by atoms with Gasteiger partial charge in [-0.15, -0.1) is 0 Å². The normalized spacial score (nSPS) is 12.0. The van der Waals surface area contributed by atoms with Gasteiger partial charge in [0.25, 0.3) is 0 Å². The van der Waals surface area contributed by atoms with Crippen molar-refractivity contribution in [2.24, 2.45) is 0 Å². The number of halogens is 1. The van der Waals surface area contributed by atoms with Gasteiger partial charge in [-0.1, -0.05) is 30.0 Å². The van der Waals surface area contributed by atoms with Crippen molar-refractivity contribution in [3.8, 4) is 0 Å². The Balaban J connectivity index is 2.45. The quantitative estimate of drug-likeness (QED) is 0.728. The van der Waals surface area contributed by atoms with Crippen molar-refractivity contribution in [2.75, 3.05) is 14.1 Å². The number of hydrogen-bond acceptors (Lipinski definition) is 4. The molecule has 5 nitrogen and oxygen atoms in total. The largest absolute Gasteiger partial charge is 0.310 e. The smallest absolute Gasteiger partial charge is 0.229 e. The molecule has 2 rings (SSSR count). The predicted octanol–water partition coefficient (Wildman–Crippen LogP) is 2.29. The summed E-state index contributed by atoms with van der Waals surface area (Å²) in [4.78, 5) is 5.12. The van der Waals surface area contributed by atoms with Gasteiger partial charge >= 0.3 is 10.2 Å². The molecule has 0 atom stereocenters. The third-order valence-electron chi connectivity index (χ3n) is 2.29. The summed E-state index contributed by atoms with van der Waals surface area (Å²) < 4.78 is 27.5. The highest BCUT2D eigenvalue weighted by Crippen LogP contribution is 2.29. The van der Waals surface area contributed by atoms with Crippen LogP contribution in [0, 0.1) is 3.70 Å². The molecule has 0 bridgehead atoms. The van der Waals surface area contributed by atoms with Crippen LogP contribution in [0.4, 0.5) is 0 Å². The van der Waals surface area contributed by atoms with E-state index in [2.05, 4.69) is 4.98 Å². The van der Waals surface area contributed by atoms with Gasteiger partial charge in [-0.2, -0.15) is 16.7 Å². The zero-order valence-corrected chi connectivity index (χ0v) is 14.1. The molecule has 0 saturated carbocycles. The summed E-state index contributed by atoms with van der Waals surface area (Å²) in [6.45, 7) is 0. The second kappa shape index (κ2) is 5.81. The van der Waals surface area contributed by atoms with Crippen LogP contribution in [-0.4, -0.2) is 35.8 Å². The van der Waals surface area contributed by atoms with Crippen LogP contribution in [0.1, 0.15) is 0 Å². The highest BCUT2D eigenvalue weighted by molar-refractivity contribution is 14.1. The Bertz CT molecular complexity index is 669. The molecule has 0 N–H and O–H groups in total. The maximum absolute atomic E-state index is 12.3. The predicted molar refractivity (Wildman–Crippen MR) is 83.5 cm³/mol. The third kappa shape index (κ3) is 3.12. The van der Waals surface area contributed by atoms with Crippen molar-refractivity contribution in [1.82, 2.24) is 13.3 Å². The summed E-state index contributed by atoms with van der Waals surface area (Å²) >= 11 is 3.28. The van der Waals surface area contributed by atoms with Gasteiger partial charge in [0.15, 0.2) is 5.16 Å². The Kier molecular flexibility index (Phi) is 4.54. The second-order valence-corrected chi connectivity index (χ2v) is 7.97. The van der Waals surface area contributed by atoms with Crippen molar-refractivity contribution in [1.29, 1.82) is 0 Å². The number of imidazole rings is 1. The SMILES string of the molecule is CN(C)S(=O)(=O)n1c(I)cnc1Sc1ccccc1. The molecule has 2 aromatic rings. The van der Waals surface area contributed by atoms with E-state index in [0.29, 0.717) is 8.86 Å². The summed E-state index contributed by atoms with van der Waals surface area (Å²) in [6.07, 6.45) is 1.55. The van der Waals surface area contributed by atoms with Crippen LogP contribution in [0.15, 0.2) is 46.6 Å². The lowest BCUT2D eigenvalue weighted by atomic mass is 10.4. The summed E-state index contributed by atoms with van der Waals surface area (Å²) in [6, 6.07) is 9.55. The van der Waals surface area contributed by atoms with Crippen LogP contribution in [0.25, 0.3) is 0 Å². The molecule has 102 valence electrons. The molecule has 0 fully saturated rings. The zero-order valence-electron chi connectivity index (χ0n) is 10.3. The van der Waals surface area contributed by atoms with Gasteiger partial charge in [0.1, 0.15) is 3.70 Å². The first-order chi connectivity index (χ1) is 8.93. The van der Waals surface area contributed by atoms with E-state index < -0.39 is 10.2 Å². The van der Waals surface area contributed by atoms with Crippen molar-refractivity contribution in [3.63, 3.8) is 0 Å². The number of hydrogen-bond donors (Lipinski definition) is 0. The average molecular weight is 409 g/mol. The number of rotatable bonds is 4. The highest BCUT2D eigenvalue weighted by atomic mass is 127. The highest BCUT2D eigenvalue weighted by Gasteiger charge is 2.23. The van der Waals surface area contributed by atoms with Crippen molar-refractivity contribution < 1.29 is 8.42 Å². The van der Waals surface area contributed by atoms with Crippen LogP contribution in [0.5, 0.6) is 0 Å². The van der Waals surface area contributed by atoms with E-state index in [1.807, 2.05) is 52.9 Å². The first-order valence-electron chi connectivity index (χ1n) is 5.32. The van der Waals surface area contributed by atoms with Crippen LogP contribution in [0.2, 0.25) is 0 Å². The molecule has 0 radical (unpaired) electrons.